The van der Waals surface area contributed by atoms with Crippen LogP contribution in [0.25, 0.3) is 0 Å². The van der Waals surface area contributed by atoms with Crippen LogP contribution >= 0.6 is 0 Å². The first-order valence-corrected chi connectivity index (χ1v) is 20.3. The van der Waals surface area contributed by atoms with Gasteiger partial charge in [-0.15, -0.1) is 0 Å². The maximum atomic E-state index is 10.7. The van der Waals surface area contributed by atoms with Gasteiger partial charge in [0.05, 0.1) is 12.2 Å². The first kappa shape index (κ1) is 43.8. The van der Waals surface area contributed by atoms with Crippen molar-refractivity contribution in [1.82, 2.24) is 4.90 Å². The Balaban J connectivity index is 3.79. The first-order valence-electron chi connectivity index (χ1n) is 20.3. The normalized spacial score (nSPS) is 13.2. The van der Waals surface area contributed by atoms with E-state index in [1.165, 1.54) is 167 Å². The molecule has 4 heteroatoms. The lowest BCUT2D eigenvalue weighted by atomic mass is 10.0. The molecular formula is C40H83NO3. The van der Waals surface area contributed by atoms with Crippen molar-refractivity contribution < 1.29 is 15.3 Å². The second kappa shape index (κ2) is 37.3. The third kappa shape index (κ3) is 34.7. The van der Waals surface area contributed by atoms with Crippen molar-refractivity contribution in [2.24, 2.45) is 0 Å². The van der Waals surface area contributed by atoms with Gasteiger partial charge < -0.3 is 15.3 Å². The van der Waals surface area contributed by atoms with Gasteiger partial charge in [0, 0.05) is 19.7 Å². The first-order chi connectivity index (χ1) is 21.6. The van der Waals surface area contributed by atoms with Crippen LogP contribution < -0.4 is 0 Å². The maximum absolute atomic E-state index is 10.7. The molecule has 0 aliphatic heterocycles. The Hall–Kier alpha value is -0.160. The van der Waals surface area contributed by atoms with E-state index in [1.54, 1.807) is 0 Å². The number of rotatable bonds is 38. The SMILES string of the molecule is CCCCCCCCCCCCCCCCC(O)CN(CCCCO)CC(O)CCCCCCCCCCCCCCCC. The predicted octanol–water partition coefficient (Wildman–Crippen LogP) is 11.5. The van der Waals surface area contributed by atoms with Crippen LogP contribution in [0.4, 0.5) is 0 Å². The second-order valence-corrected chi connectivity index (χ2v) is 14.3. The molecule has 2 atom stereocenters. The summed E-state index contributed by atoms with van der Waals surface area (Å²) in [4.78, 5) is 2.25. The van der Waals surface area contributed by atoms with Crippen LogP contribution in [-0.2, 0) is 0 Å². The van der Waals surface area contributed by atoms with Crippen molar-refractivity contribution in [1.29, 1.82) is 0 Å². The fraction of sp³-hybridized carbons (Fsp3) is 1.00. The summed E-state index contributed by atoms with van der Waals surface area (Å²) in [6.45, 7) is 6.95. The molecule has 0 radical (unpaired) electrons. The molecule has 0 fully saturated rings. The minimum atomic E-state index is -0.310. The summed E-state index contributed by atoms with van der Waals surface area (Å²) < 4.78 is 0. The molecule has 0 amide bonds. The lowest BCUT2D eigenvalue weighted by molar-refractivity contribution is 0.0590. The number of unbranched alkanes of at least 4 members (excludes halogenated alkanes) is 27. The molecular weight excluding hydrogens is 542 g/mol. The zero-order valence-corrected chi connectivity index (χ0v) is 30.4. The Labute approximate surface area is 277 Å². The number of hydrogen-bond donors (Lipinski definition) is 3. The fourth-order valence-electron chi connectivity index (χ4n) is 6.63. The van der Waals surface area contributed by atoms with Crippen LogP contribution in [-0.4, -0.2) is 58.7 Å². The molecule has 0 aromatic heterocycles. The molecule has 3 N–H and O–H groups in total. The zero-order valence-electron chi connectivity index (χ0n) is 30.4. The number of aliphatic hydroxyl groups is 3. The third-order valence-corrected chi connectivity index (χ3v) is 9.60. The predicted molar refractivity (Wildman–Crippen MR) is 195 cm³/mol. The third-order valence-electron chi connectivity index (χ3n) is 9.60. The van der Waals surface area contributed by atoms with Crippen LogP contribution in [0.5, 0.6) is 0 Å². The number of nitrogens with zero attached hydrogens (tertiary/aromatic N) is 1. The average molecular weight is 626 g/mol. The molecule has 0 heterocycles. The zero-order chi connectivity index (χ0) is 32.2. The fourth-order valence-corrected chi connectivity index (χ4v) is 6.63. The quantitative estimate of drug-likeness (QED) is 0.0597. The Bertz CT molecular complexity index is 477. The van der Waals surface area contributed by atoms with Crippen LogP contribution in [0.3, 0.4) is 0 Å². The molecule has 0 aromatic carbocycles. The molecule has 266 valence electrons. The smallest absolute Gasteiger partial charge is 0.0667 e. The highest BCUT2D eigenvalue weighted by atomic mass is 16.3. The van der Waals surface area contributed by atoms with E-state index in [9.17, 15) is 15.3 Å². The minimum Gasteiger partial charge on any atom is -0.396 e. The van der Waals surface area contributed by atoms with E-state index in [2.05, 4.69) is 18.7 Å². The van der Waals surface area contributed by atoms with Crippen molar-refractivity contribution >= 4 is 0 Å². The Morgan fingerprint density at radius 2 is 0.636 bits per heavy atom. The lowest BCUT2D eigenvalue weighted by Crippen LogP contribution is -2.38. The standard InChI is InChI=1S/C40H83NO3/c1-3-5-7-9-11-13-15-17-19-21-23-25-27-29-33-39(43)37-41(35-31-32-36-42)38-40(44)34-30-28-26-24-22-20-18-16-14-12-10-8-6-4-2/h39-40,42-44H,3-38H2,1-2H3. The van der Waals surface area contributed by atoms with Gasteiger partial charge in [-0.3, -0.25) is 4.90 Å². The monoisotopic (exact) mass is 626 g/mol. The summed E-state index contributed by atoms with van der Waals surface area (Å²) in [5, 5.41) is 30.6. The molecule has 0 aliphatic carbocycles. The lowest BCUT2D eigenvalue weighted by Gasteiger charge is -2.27. The van der Waals surface area contributed by atoms with E-state index in [1.807, 2.05) is 0 Å². The molecule has 0 bridgehead atoms. The highest BCUT2D eigenvalue weighted by Gasteiger charge is 2.15. The summed E-state index contributed by atoms with van der Waals surface area (Å²) in [6, 6.07) is 0. The van der Waals surface area contributed by atoms with Crippen molar-refractivity contribution in [2.75, 3.05) is 26.2 Å². The van der Waals surface area contributed by atoms with Gasteiger partial charge in [-0.25, -0.2) is 0 Å². The van der Waals surface area contributed by atoms with Gasteiger partial charge in [0.15, 0.2) is 0 Å². The van der Waals surface area contributed by atoms with Crippen LogP contribution in [0, 0.1) is 0 Å². The summed E-state index contributed by atoms with van der Waals surface area (Å²) in [7, 11) is 0. The molecule has 44 heavy (non-hydrogen) atoms. The second-order valence-electron chi connectivity index (χ2n) is 14.3. The van der Waals surface area contributed by atoms with Crippen molar-refractivity contribution in [3.63, 3.8) is 0 Å². The summed E-state index contributed by atoms with van der Waals surface area (Å²) in [5.74, 6) is 0. The molecule has 0 aromatic rings. The Kier molecular flexibility index (Phi) is 37.2. The van der Waals surface area contributed by atoms with Crippen LogP contribution in [0.15, 0.2) is 0 Å². The van der Waals surface area contributed by atoms with Gasteiger partial charge in [-0.1, -0.05) is 194 Å². The highest BCUT2D eigenvalue weighted by molar-refractivity contribution is 4.70. The van der Waals surface area contributed by atoms with E-state index < -0.39 is 0 Å². The molecule has 0 rings (SSSR count). The van der Waals surface area contributed by atoms with Crippen molar-refractivity contribution in [3.05, 3.63) is 0 Å². The molecule has 0 saturated carbocycles. The molecule has 0 aliphatic rings. The summed E-state index contributed by atoms with van der Waals surface area (Å²) in [6.07, 6.45) is 40.8. The summed E-state index contributed by atoms with van der Waals surface area (Å²) in [5.41, 5.74) is 0. The van der Waals surface area contributed by atoms with Gasteiger partial charge >= 0.3 is 0 Å². The van der Waals surface area contributed by atoms with Crippen LogP contribution in [0.2, 0.25) is 0 Å². The minimum absolute atomic E-state index is 0.219. The van der Waals surface area contributed by atoms with E-state index in [0.717, 1.165) is 45.1 Å². The molecule has 0 spiro atoms. The van der Waals surface area contributed by atoms with Gasteiger partial charge in [-0.05, 0) is 32.2 Å². The Morgan fingerprint density at radius 3 is 0.909 bits per heavy atom. The summed E-state index contributed by atoms with van der Waals surface area (Å²) >= 11 is 0. The van der Waals surface area contributed by atoms with Crippen molar-refractivity contribution in [3.8, 4) is 0 Å². The molecule has 0 saturated heterocycles. The van der Waals surface area contributed by atoms with Gasteiger partial charge in [0.25, 0.3) is 0 Å². The van der Waals surface area contributed by atoms with E-state index in [4.69, 9.17) is 0 Å². The maximum Gasteiger partial charge on any atom is 0.0667 e. The van der Waals surface area contributed by atoms with E-state index in [0.29, 0.717) is 13.1 Å². The number of hydrogen-bond acceptors (Lipinski definition) is 4. The van der Waals surface area contributed by atoms with Crippen molar-refractivity contribution in [2.45, 2.75) is 232 Å². The van der Waals surface area contributed by atoms with E-state index >= 15 is 0 Å². The molecule has 4 nitrogen and oxygen atoms in total. The average Bonchev–Trinajstić information content (AvgIpc) is 3.01. The van der Waals surface area contributed by atoms with E-state index in [-0.39, 0.29) is 18.8 Å². The Morgan fingerprint density at radius 1 is 0.364 bits per heavy atom. The topological polar surface area (TPSA) is 63.9 Å². The van der Waals surface area contributed by atoms with Gasteiger partial charge in [0.1, 0.15) is 0 Å². The van der Waals surface area contributed by atoms with Gasteiger partial charge in [0.2, 0.25) is 0 Å². The van der Waals surface area contributed by atoms with Crippen LogP contribution in [0.1, 0.15) is 219 Å². The molecule has 2 unspecified atom stereocenters. The number of aliphatic hydroxyl groups excluding tert-OH is 3. The van der Waals surface area contributed by atoms with Gasteiger partial charge in [-0.2, -0.15) is 0 Å². The highest BCUT2D eigenvalue weighted by Crippen LogP contribution is 2.16. The largest absolute Gasteiger partial charge is 0.396 e.